The molecule has 1 saturated carbocycles. The first kappa shape index (κ1) is 27.6. The van der Waals surface area contributed by atoms with Crippen LogP contribution in [0.25, 0.3) is 0 Å². The van der Waals surface area contributed by atoms with Crippen LogP contribution in [0.15, 0.2) is 59.7 Å². The zero-order chi connectivity index (χ0) is 27.7. The van der Waals surface area contributed by atoms with E-state index in [4.69, 9.17) is 25.8 Å². The highest BCUT2D eigenvalue weighted by molar-refractivity contribution is 6.30. The molecule has 1 saturated heterocycles. The molecular formula is C29H31ClO8. The molecule has 2 bridgehead atoms. The number of esters is 3. The number of allylic oxidation sites excluding steroid dienone is 3. The van der Waals surface area contributed by atoms with E-state index in [-0.39, 0.29) is 31.3 Å². The number of carboxylic acids is 1. The van der Waals surface area contributed by atoms with Crippen LogP contribution >= 0.6 is 11.6 Å². The number of rotatable bonds is 7. The van der Waals surface area contributed by atoms with E-state index in [9.17, 15) is 24.3 Å². The van der Waals surface area contributed by atoms with Crippen molar-refractivity contribution in [1.82, 2.24) is 0 Å². The van der Waals surface area contributed by atoms with Gasteiger partial charge in [0.05, 0.1) is 13.5 Å². The predicted octanol–water partition coefficient (Wildman–Crippen LogP) is 4.75. The highest BCUT2D eigenvalue weighted by Crippen LogP contribution is 2.65. The number of ether oxygens (including phenoxy) is 3. The molecule has 0 amide bonds. The predicted molar refractivity (Wildman–Crippen MR) is 138 cm³/mol. The fraction of sp³-hybridized carbons (Fsp3) is 0.448. The van der Waals surface area contributed by atoms with E-state index in [1.165, 1.54) is 20.1 Å². The van der Waals surface area contributed by atoms with Crippen molar-refractivity contribution in [2.75, 3.05) is 7.11 Å². The standard InChI is InChI=1S/C29H31ClO8/c1-18(24(32)33)5-4-13-27(2)22-12-15-28(26(35)38-27)14-10-20(25(34)36-3)11-16-29(22,28)37-23(31)17-19-6-8-21(30)9-7-19/h4-10,13,22H,11-12,14-17H2,1-3H3,(H,32,33)/b13-4+,18-5+/t22-,27+,28+,29-/m0/s1. The Kier molecular flexibility index (Phi) is 7.57. The summed E-state index contributed by atoms with van der Waals surface area (Å²) in [5, 5.41) is 9.73. The Labute approximate surface area is 226 Å². The van der Waals surface area contributed by atoms with Crippen LogP contribution in [0, 0.1) is 11.3 Å². The number of cyclic esters (lactones) is 1. The van der Waals surface area contributed by atoms with Crippen LogP contribution < -0.4 is 0 Å². The van der Waals surface area contributed by atoms with Crippen molar-refractivity contribution in [3.63, 3.8) is 0 Å². The minimum Gasteiger partial charge on any atom is -0.478 e. The summed E-state index contributed by atoms with van der Waals surface area (Å²) < 4.78 is 17.3. The third kappa shape index (κ3) is 4.77. The second kappa shape index (κ2) is 10.4. The van der Waals surface area contributed by atoms with Gasteiger partial charge >= 0.3 is 23.9 Å². The SMILES string of the molecule is COC(=O)C1=CC[C@@]23CC[C@@H]([C@@](C)(/C=C/C=C(\C)C(=O)O)OC2=O)[C@@]3(OC(=O)Cc2ccc(Cl)cc2)CC1. The van der Waals surface area contributed by atoms with Crippen molar-refractivity contribution in [2.24, 2.45) is 11.3 Å². The normalized spacial score (nSPS) is 30.6. The molecule has 2 aliphatic carbocycles. The topological polar surface area (TPSA) is 116 Å². The van der Waals surface area contributed by atoms with Crippen molar-refractivity contribution >= 4 is 35.5 Å². The molecule has 2 fully saturated rings. The third-order valence-electron chi connectivity index (χ3n) is 8.21. The van der Waals surface area contributed by atoms with Gasteiger partial charge in [-0.1, -0.05) is 42.0 Å². The van der Waals surface area contributed by atoms with Crippen LogP contribution in [0.5, 0.6) is 0 Å². The van der Waals surface area contributed by atoms with Gasteiger partial charge < -0.3 is 19.3 Å². The van der Waals surface area contributed by atoms with Gasteiger partial charge in [-0.2, -0.15) is 0 Å². The number of carboxylic acid groups (broad SMARTS) is 1. The molecule has 0 radical (unpaired) electrons. The van der Waals surface area contributed by atoms with Gasteiger partial charge in [-0.25, -0.2) is 9.59 Å². The second-order valence-corrected chi connectivity index (χ2v) is 10.8. The zero-order valence-electron chi connectivity index (χ0n) is 21.6. The molecule has 1 aromatic rings. The highest BCUT2D eigenvalue weighted by Gasteiger charge is 2.74. The molecule has 0 spiro atoms. The lowest BCUT2D eigenvalue weighted by Crippen LogP contribution is -2.65. The Morgan fingerprint density at radius 2 is 1.92 bits per heavy atom. The lowest BCUT2D eigenvalue weighted by atomic mass is 9.62. The first-order valence-corrected chi connectivity index (χ1v) is 12.9. The van der Waals surface area contributed by atoms with Gasteiger partial charge in [-0.3, -0.25) is 9.59 Å². The Morgan fingerprint density at radius 1 is 1.21 bits per heavy atom. The van der Waals surface area contributed by atoms with Crippen LogP contribution in [0.4, 0.5) is 0 Å². The smallest absolute Gasteiger partial charge is 0.333 e. The van der Waals surface area contributed by atoms with E-state index >= 15 is 0 Å². The first-order valence-electron chi connectivity index (χ1n) is 12.5. The van der Waals surface area contributed by atoms with Crippen molar-refractivity contribution in [1.29, 1.82) is 0 Å². The average Bonchev–Trinajstić information content (AvgIpc) is 3.02. The summed E-state index contributed by atoms with van der Waals surface area (Å²) >= 11 is 5.98. The van der Waals surface area contributed by atoms with Crippen LogP contribution in [0.2, 0.25) is 5.02 Å². The Hall–Kier alpha value is -3.39. The lowest BCUT2D eigenvalue weighted by Gasteiger charge is -2.54. The molecule has 1 aromatic carbocycles. The van der Waals surface area contributed by atoms with E-state index in [0.29, 0.717) is 23.4 Å². The molecular weight excluding hydrogens is 512 g/mol. The molecule has 38 heavy (non-hydrogen) atoms. The van der Waals surface area contributed by atoms with Gasteiger partial charge in [0.15, 0.2) is 0 Å². The molecule has 202 valence electrons. The average molecular weight is 543 g/mol. The summed E-state index contributed by atoms with van der Waals surface area (Å²) in [5.74, 6) is -2.95. The van der Waals surface area contributed by atoms with E-state index in [0.717, 1.165) is 5.56 Å². The van der Waals surface area contributed by atoms with Gasteiger partial charge in [-0.05, 0) is 69.7 Å². The molecule has 4 rings (SSSR count). The molecule has 8 nitrogen and oxygen atoms in total. The second-order valence-electron chi connectivity index (χ2n) is 10.4. The number of methoxy groups -OCH3 is 1. The number of benzene rings is 1. The fourth-order valence-electron chi connectivity index (χ4n) is 6.20. The Bertz CT molecular complexity index is 1250. The zero-order valence-corrected chi connectivity index (χ0v) is 22.4. The Balaban J connectivity index is 1.74. The monoisotopic (exact) mass is 542 g/mol. The molecule has 0 aromatic heterocycles. The van der Waals surface area contributed by atoms with Gasteiger partial charge in [0.25, 0.3) is 0 Å². The third-order valence-corrected chi connectivity index (χ3v) is 8.46. The minimum absolute atomic E-state index is 0.0127. The number of aliphatic carboxylic acids is 1. The summed E-state index contributed by atoms with van der Waals surface area (Å²) in [4.78, 5) is 50.8. The summed E-state index contributed by atoms with van der Waals surface area (Å²) in [7, 11) is 1.30. The maximum absolute atomic E-state index is 13.8. The van der Waals surface area contributed by atoms with Crippen molar-refractivity contribution < 1.29 is 38.5 Å². The van der Waals surface area contributed by atoms with E-state index in [1.54, 1.807) is 49.4 Å². The highest BCUT2D eigenvalue weighted by atomic mass is 35.5. The van der Waals surface area contributed by atoms with Crippen molar-refractivity contribution in [2.45, 2.75) is 63.6 Å². The van der Waals surface area contributed by atoms with E-state index in [1.807, 2.05) is 0 Å². The maximum Gasteiger partial charge on any atom is 0.333 e. The molecule has 4 atom stereocenters. The molecule has 1 aliphatic heterocycles. The van der Waals surface area contributed by atoms with E-state index < -0.39 is 46.4 Å². The molecule has 3 aliphatic rings. The van der Waals surface area contributed by atoms with Crippen LogP contribution in [0.3, 0.4) is 0 Å². The molecule has 0 unspecified atom stereocenters. The number of hydrogen-bond donors (Lipinski definition) is 1. The van der Waals surface area contributed by atoms with Crippen LogP contribution in [-0.4, -0.2) is 47.3 Å². The maximum atomic E-state index is 13.8. The molecule has 9 heteroatoms. The van der Waals surface area contributed by atoms with Gasteiger partial charge in [-0.15, -0.1) is 0 Å². The summed E-state index contributed by atoms with van der Waals surface area (Å²) in [5.41, 5.74) is -2.28. The van der Waals surface area contributed by atoms with Gasteiger partial charge in [0.2, 0.25) is 0 Å². The van der Waals surface area contributed by atoms with E-state index in [2.05, 4.69) is 0 Å². The summed E-state index contributed by atoms with van der Waals surface area (Å²) in [6.45, 7) is 3.22. The molecule has 1 N–H and O–H groups in total. The summed E-state index contributed by atoms with van der Waals surface area (Å²) in [6.07, 6.45) is 8.00. The largest absolute Gasteiger partial charge is 0.478 e. The van der Waals surface area contributed by atoms with Crippen LogP contribution in [0.1, 0.15) is 51.5 Å². The first-order chi connectivity index (χ1) is 18.0. The fourth-order valence-corrected chi connectivity index (χ4v) is 6.33. The minimum atomic E-state index is -1.23. The number of hydrogen-bond acceptors (Lipinski definition) is 7. The van der Waals surface area contributed by atoms with Crippen molar-refractivity contribution in [3.05, 3.63) is 70.3 Å². The number of carbonyl (C=O) groups excluding carboxylic acids is 3. The van der Waals surface area contributed by atoms with Gasteiger partial charge in [0, 0.05) is 22.1 Å². The molecule has 1 heterocycles. The lowest BCUT2D eigenvalue weighted by molar-refractivity contribution is -0.235. The van der Waals surface area contributed by atoms with Crippen LogP contribution in [-0.2, 0) is 39.8 Å². The number of carbonyl (C=O) groups is 4. The quantitative estimate of drug-likeness (QED) is 0.227. The summed E-state index contributed by atoms with van der Waals surface area (Å²) in [6, 6.07) is 6.88. The van der Waals surface area contributed by atoms with Gasteiger partial charge in [0.1, 0.15) is 16.6 Å². The number of halogens is 1. The Morgan fingerprint density at radius 3 is 2.58 bits per heavy atom. The van der Waals surface area contributed by atoms with Crippen molar-refractivity contribution in [3.8, 4) is 0 Å².